The molecule has 148 valence electrons. The van der Waals surface area contributed by atoms with Gasteiger partial charge in [0.1, 0.15) is 0 Å². The van der Waals surface area contributed by atoms with Crippen LogP contribution in [0.25, 0.3) is 0 Å². The predicted molar refractivity (Wildman–Crippen MR) is 109 cm³/mol. The van der Waals surface area contributed by atoms with Gasteiger partial charge in [-0.25, -0.2) is 0 Å². The average Bonchev–Trinajstić information content (AvgIpc) is 3.03. The van der Waals surface area contributed by atoms with Gasteiger partial charge in [0.25, 0.3) is 5.91 Å². The number of hydrogen-bond donors (Lipinski definition) is 2. The molecular weight excluding hydrogens is 362 g/mol. The number of anilines is 1. The summed E-state index contributed by atoms with van der Waals surface area (Å²) in [5.41, 5.74) is 1.35. The molecule has 0 atom stereocenters. The van der Waals surface area contributed by atoms with Gasteiger partial charge in [0.15, 0.2) is 0 Å². The average molecular weight is 392 g/mol. The van der Waals surface area contributed by atoms with Gasteiger partial charge in [-0.1, -0.05) is 32.4 Å². The number of carbonyl (C=O) groups is 2. The fourth-order valence-corrected chi connectivity index (χ4v) is 4.23. The first-order valence-corrected chi connectivity index (χ1v) is 10.1. The van der Waals surface area contributed by atoms with Crippen LogP contribution in [0.2, 0.25) is 5.02 Å². The maximum Gasteiger partial charge on any atom is 0.255 e. The van der Waals surface area contributed by atoms with Crippen molar-refractivity contribution in [3.05, 3.63) is 28.8 Å². The fraction of sp³-hybridized carbons (Fsp3) is 0.619. The Morgan fingerprint density at radius 2 is 1.93 bits per heavy atom. The number of nitrogens with one attached hydrogen (secondary N) is 2. The summed E-state index contributed by atoms with van der Waals surface area (Å²) < 4.78 is 0. The quantitative estimate of drug-likeness (QED) is 0.820. The number of rotatable bonds is 3. The number of nitrogens with zero attached hydrogens (tertiary/aromatic N) is 1. The minimum Gasteiger partial charge on any atom is -0.339 e. The van der Waals surface area contributed by atoms with E-state index in [0.29, 0.717) is 28.1 Å². The van der Waals surface area contributed by atoms with Gasteiger partial charge in [-0.05, 0) is 54.8 Å². The Kier molecular flexibility index (Phi) is 5.82. The van der Waals surface area contributed by atoms with Crippen molar-refractivity contribution in [2.24, 2.45) is 10.8 Å². The van der Waals surface area contributed by atoms with Crippen molar-refractivity contribution in [2.75, 3.05) is 31.5 Å². The molecule has 1 spiro atoms. The number of hydrogen-bond acceptors (Lipinski definition) is 3. The summed E-state index contributed by atoms with van der Waals surface area (Å²) in [6.07, 6.45) is 3.68. The Hall–Kier alpha value is -1.59. The van der Waals surface area contributed by atoms with Gasteiger partial charge in [-0.15, -0.1) is 0 Å². The second-order valence-corrected chi connectivity index (χ2v) is 9.61. The number of carbonyl (C=O) groups excluding carboxylic acids is 2. The minimum atomic E-state index is -0.0893. The zero-order valence-electron chi connectivity index (χ0n) is 16.5. The first kappa shape index (κ1) is 20.2. The maximum atomic E-state index is 13.0. The zero-order valence-corrected chi connectivity index (χ0v) is 17.3. The monoisotopic (exact) mass is 391 g/mol. The van der Waals surface area contributed by atoms with E-state index in [1.54, 1.807) is 18.2 Å². The second kappa shape index (κ2) is 7.80. The van der Waals surface area contributed by atoms with Crippen molar-refractivity contribution in [2.45, 2.75) is 46.5 Å². The van der Waals surface area contributed by atoms with Crippen LogP contribution in [-0.2, 0) is 4.79 Å². The second-order valence-electron chi connectivity index (χ2n) is 9.20. The van der Waals surface area contributed by atoms with E-state index in [0.717, 1.165) is 39.0 Å². The van der Waals surface area contributed by atoms with Crippen molar-refractivity contribution >= 4 is 29.1 Å². The Balaban J connectivity index is 1.67. The molecule has 0 aliphatic carbocycles. The molecule has 0 radical (unpaired) electrons. The summed E-state index contributed by atoms with van der Waals surface area (Å²) in [6.45, 7) is 9.72. The molecule has 2 N–H and O–H groups in total. The molecule has 0 unspecified atom stereocenters. The predicted octanol–water partition coefficient (Wildman–Crippen LogP) is 3.93. The molecule has 2 saturated heterocycles. The highest BCUT2D eigenvalue weighted by atomic mass is 35.5. The topological polar surface area (TPSA) is 61.4 Å². The van der Waals surface area contributed by atoms with Gasteiger partial charge in [-0.3, -0.25) is 9.59 Å². The van der Waals surface area contributed by atoms with Crippen molar-refractivity contribution < 1.29 is 9.59 Å². The Bertz CT molecular complexity index is 711. The third-order valence-electron chi connectivity index (χ3n) is 5.61. The van der Waals surface area contributed by atoms with E-state index in [4.69, 9.17) is 11.6 Å². The molecular formula is C21H30ClN3O2. The van der Waals surface area contributed by atoms with Crippen LogP contribution in [0.4, 0.5) is 5.69 Å². The number of amides is 2. The van der Waals surface area contributed by atoms with Crippen LogP contribution < -0.4 is 10.6 Å². The van der Waals surface area contributed by atoms with Gasteiger partial charge < -0.3 is 15.5 Å². The smallest absolute Gasteiger partial charge is 0.255 e. The van der Waals surface area contributed by atoms with Crippen LogP contribution in [0.3, 0.4) is 0 Å². The van der Waals surface area contributed by atoms with E-state index >= 15 is 0 Å². The van der Waals surface area contributed by atoms with Crippen LogP contribution >= 0.6 is 11.6 Å². The summed E-state index contributed by atoms with van der Waals surface area (Å²) in [4.78, 5) is 27.1. The van der Waals surface area contributed by atoms with E-state index in [9.17, 15) is 9.59 Å². The number of piperidine rings is 1. The lowest BCUT2D eigenvalue weighted by Crippen LogP contribution is -2.44. The molecule has 2 aliphatic rings. The molecule has 6 heteroatoms. The molecule has 1 aromatic rings. The van der Waals surface area contributed by atoms with E-state index in [-0.39, 0.29) is 17.2 Å². The minimum absolute atomic E-state index is 0.0484. The van der Waals surface area contributed by atoms with E-state index < -0.39 is 0 Å². The summed E-state index contributed by atoms with van der Waals surface area (Å²) in [7, 11) is 0. The molecule has 3 rings (SSSR count). The van der Waals surface area contributed by atoms with Crippen molar-refractivity contribution in [3.8, 4) is 0 Å². The molecule has 0 aromatic heterocycles. The molecule has 1 aromatic carbocycles. The van der Waals surface area contributed by atoms with Crippen LogP contribution in [0, 0.1) is 10.8 Å². The first-order chi connectivity index (χ1) is 12.7. The SMILES string of the molecule is CC(C)(C)CC(=O)Nc1ccc(Cl)c(C(=O)N2CCC3(CCNC3)CC2)c1. The van der Waals surface area contributed by atoms with Gasteiger partial charge in [0.05, 0.1) is 10.6 Å². The van der Waals surface area contributed by atoms with Crippen molar-refractivity contribution in [3.63, 3.8) is 0 Å². The third-order valence-corrected chi connectivity index (χ3v) is 5.94. The Morgan fingerprint density at radius 3 is 2.52 bits per heavy atom. The van der Waals surface area contributed by atoms with Gasteiger partial charge in [0, 0.05) is 31.7 Å². The molecule has 2 amide bonds. The normalized spacial score (nSPS) is 19.3. The molecule has 0 bridgehead atoms. The van der Waals surface area contributed by atoms with Crippen molar-refractivity contribution in [1.82, 2.24) is 10.2 Å². The Labute approximate surface area is 166 Å². The Morgan fingerprint density at radius 1 is 1.22 bits per heavy atom. The van der Waals surface area contributed by atoms with Crippen LogP contribution in [0.5, 0.6) is 0 Å². The largest absolute Gasteiger partial charge is 0.339 e. The standard InChI is InChI=1S/C21H30ClN3O2/c1-20(2,3)13-18(26)24-15-4-5-17(22)16(12-15)19(27)25-10-7-21(8-11-25)6-9-23-14-21/h4-5,12,23H,6-11,13-14H2,1-3H3,(H,24,26). The fourth-order valence-electron chi connectivity index (χ4n) is 4.03. The molecule has 2 aliphatic heterocycles. The lowest BCUT2D eigenvalue weighted by atomic mass is 9.78. The lowest BCUT2D eigenvalue weighted by Gasteiger charge is -2.39. The molecule has 2 heterocycles. The van der Waals surface area contributed by atoms with E-state index in [2.05, 4.69) is 10.6 Å². The van der Waals surface area contributed by atoms with Gasteiger partial charge in [-0.2, -0.15) is 0 Å². The lowest BCUT2D eigenvalue weighted by molar-refractivity contribution is -0.117. The number of halogens is 1. The number of benzene rings is 1. The molecule has 5 nitrogen and oxygen atoms in total. The third kappa shape index (κ3) is 5.02. The summed E-state index contributed by atoms with van der Waals surface area (Å²) >= 11 is 6.30. The maximum absolute atomic E-state index is 13.0. The molecule has 27 heavy (non-hydrogen) atoms. The van der Waals surface area contributed by atoms with Crippen LogP contribution in [0.15, 0.2) is 18.2 Å². The highest BCUT2D eigenvalue weighted by Crippen LogP contribution is 2.37. The summed E-state index contributed by atoms with van der Waals surface area (Å²) in [5.74, 6) is -0.107. The van der Waals surface area contributed by atoms with Crippen LogP contribution in [0.1, 0.15) is 56.8 Å². The van der Waals surface area contributed by atoms with Gasteiger partial charge >= 0.3 is 0 Å². The first-order valence-electron chi connectivity index (χ1n) is 9.77. The highest BCUT2D eigenvalue weighted by molar-refractivity contribution is 6.34. The van der Waals surface area contributed by atoms with Gasteiger partial charge in [0.2, 0.25) is 5.91 Å². The van der Waals surface area contributed by atoms with Crippen molar-refractivity contribution in [1.29, 1.82) is 0 Å². The van der Waals surface area contributed by atoms with E-state index in [1.807, 2.05) is 25.7 Å². The summed E-state index contributed by atoms with van der Waals surface area (Å²) in [5, 5.41) is 6.76. The van der Waals surface area contributed by atoms with Crippen LogP contribution in [-0.4, -0.2) is 42.9 Å². The van der Waals surface area contributed by atoms with E-state index in [1.165, 1.54) is 6.42 Å². The highest BCUT2D eigenvalue weighted by Gasteiger charge is 2.38. The summed E-state index contributed by atoms with van der Waals surface area (Å²) in [6, 6.07) is 5.13. The zero-order chi connectivity index (χ0) is 19.7. The number of likely N-dealkylation sites (tertiary alicyclic amines) is 1. The molecule has 0 saturated carbocycles. The molecule has 2 fully saturated rings.